The molecule has 1 saturated heterocycles. The van der Waals surface area contributed by atoms with Crippen LogP contribution in [-0.4, -0.2) is 34.8 Å². The molecule has 108 valence electrons. The van der Waals surface area contributed by atoms with E-state index in [9.17, 15) is 4.79 Å². The van der Waals surface area contributed by atoms with Crippen LogP contribution < -0.4 is 5.76 Å². The van der Waals surface area contributed by atoms with E-state index < -0.39 is 0 Å². The van der Waals surface area contributed by atoms with Crippen LogP contribution in [0.3, 0.4) is 0 Å². The molecular formula is C14H17BrN2O3. The van der Waals surface area contributed by atoms with Crippen LogP contribution in [0.1, 0.15) is 13.8 Å². The molecule has 1 aliphatic rings. The van der Waals surface area contributed by atoms with E-state index in [4.69, 9.17) is 9.15 Å². The van der Waals surface area contributed by atoms with Crippen LogP contribution in [0.25, 0.3) is 11.1 Å². The van der Waals surface area contributed by atoms with Crippen molar-refractivity contribution in [3.63, 3.8) is 0 Å². The van der Waals surface area contributed by atoms with Gasteiger partial charge in [-0.2, -0.15) is 0 Å². The molecule has 0 N–H and O–H groups in total. The fourth-order valence-corrected chi connectivity index (χ4v) is 2.86. The lowest BCUT2D eigenvalue weighted by molar-refractivity contribution is -0.0610. The van der Waals surface area contributed by atoms with Crippen molar-refractivity contribution < 1.29 is 9.15 Å². The lowest BCUT2D eigenvalue weighted by atomic mass is 10.2. The molecule has 6 heteroatoms. The summed E-state index contributed by atoms with van der Waals surface area (Å²) in [5.41, 5.74) is 1.43. The average molecular weight is 341 g/mol. The van der Waals surface area contributed by atoms with Gasteiger partial charge in [0.1, 0.15) is 0 Å². The second-order valence-electron chi connectivity index (χ2n) is 5.31. The standard InChI is InChI=1S/C14H17BrN2O3/c1-9-7-19-10(2)6-16(9)8-17-12-4-3-11(15)5-13(12)20-14(17)18/h3-5,9-10H,6-8H2,1-2H3/t9-,10+/m1/s1. The van der Waals surface area contributed by atoms with Crippen molar-refractivity contribution in [3.8, 4) is 0 Å². The Kier molecular flexibility index (Phi) is 3.70. The number of rotatable bonds is 2. The number of fused-ring (bicyclic) bond motifs is 1. The predicted octanol–water partition coefficient (Wildman–Crippen LogP) is 2.42. The van der Waals surface area contributed by atoms with Crippen LogP contribution in [0.4, 0.5) is 0 Å². The third-order valence-corrected chi connectivity index (χ3v) is 4.18. The Morgan fingerprint density at radius 3 is 3.00 bits per heavy atom. The first kappa shape index (κ1) is 13.9. The molecule has 2 aromatic rings. The third kappa shape index (κ3) is 2.55. The van der Waals surface area contributed by atoms with Gasteiger partial charge in [-0.05, 0) is 32.0 Å². The Bertz CT molecular complexity index is 679. The molecule has 0 radical (unpaired) electrons. The number of ether oxygens (including phenoxy) is 1. The summed E-state index contributed by atoms with van der Waals surface area (Å²) in [5, 5.41) is 0. The van der Waals surface area contributed by atoms with E-state index in [0.29, 0.717) is 24.9 Å². The van der Waals surface area contributed by atoms with E-state index in [1.165, 1.54) is 0 Å². The van der Waals surface area contributed by atoms with Gasteiger partial charge in [0.2, 0.25) is 0 Å². The molecule has 0 spiro atoms. The highest BCUT2D eigenvalue weighted by molar-refractivity contribution is 9.10. The molecule has 1 aromatic carbocycles. The summed E-state index contributed by atoms with van der Waals surface area (Å²) in [5.74, 6) is -0.315. The second-order valence-corrected chi connectivity index (χ2v) is 6.23. The summed E-state index contributed by atoms with van der Waals surface area (Å²) >= 11 is 3.38. The minimum Gasteiger partial charge on any atom is -0.408 e. The maximum absolute atomic E-state index is 12.0. The quantitative estimate of drug-likeness (QED) is 0.842. The molecule has 20 heavy (non-hydrogen) atoms. The molecular weight excluding hydrogens is 324 g/mol. The van der Waals surface area contributed by atoms with Crippen LogP contribution in [0.2, 0.25) is 0 Å². The maximum Gasteiger partial charge on any atom is 0.421 e. The number of oxazole rings is 1. The van der Waals surface area contributed by atoms with Gasteiger partial charge in [-0.25, -0.2) is 4.79 Å². The minimum absolute atomic E-state index is 0.189. The first-order valence-electron chi connectivity index (χ1n) is 6.69. The zero-order chi connectivity index (χ0) is 14.3. The molecule has 0 bridgehead atoms. The number of nitrogens with zero attached hydrogens (tertiary/aromatic N) is 2. The highest BCUT2D eigenvalue weighted by Crippen LogP contribution is 2.20. The zero-order valence-electron chi connectivity index (χ0n) is 11.5. The summed E-state index contributed by atoms with van der Waals surface area (Å²) in [7, 11) is 0. The summed E-state index contributed by atoms with van der Waals surface area (Å²) in [6, 6.07) is 5.93. The van der Waals surface area contributed by atoms with E-state index in [-0.39, 0.29) is 11.9 Å². The predicted molar refractivity (Wildman–Crippen MR) is 79.8 cm³/mol. The van der Waals surface area contributed by atoms with Gasteiger partial charge in [0.15, 0.2) is 5.58 Å². The van der Waals surface area contributed by atoms with Gasteiger partial charge in [-0.1, -0.05) is 15.9 Å². The first-order chi connectivity index (χ1) is 9.54. The third-order valence-electron chi connectivity index (χ3n) is 3.69. The monoisotopic (exact) mass is 340 g/mol. The molecule has 1 aromatic heterocycles. The highest BCUT2D eigenvalue weighted by Gasteiger charge is 2.24. The van der Waals surface area contributed by atoms with Crippen LogP contribution in [0, 0.1) is 0 Å². The van der Waals surface area contributed by atoms with Crippen molar-refractivity contribution >= 4 is 27.0 Å². The van der Waals surface area contributed by atoms with Crippen molar-refractivity contribution in [1.29, 1.82) is 0 Å². The van der Waals surface area contributed by atoms with Gasteiger partial charge in [-0.3, -0.25) is 9.47 Å². The van der Waals surface area contributed by atoms with E-state index in [1.54, 1.807) is 4.57 Å². The molecule has 3 rings (SSSR count). The van der Waals surface area contributed by atoms with E-state index in [1.807, 2.05) is 25.1 Å². The van der Waals surface area contributed by atoms with Gasteiger partial charge in [0.25, 0.3) is 0 Å². The molecule has 0 saturated carbocycles. The van der Waals surface area contributed by atoms with Gasteiger partial charge < -0.3 is 9.15 Å². The second kappa shape index (κ2) is 5.35. The van der Waals surface area contributed by atoms with Crippen LogP contribution in [0.5, 0.6) is 0 Å². The van der Waals surface area contributed by atoms with Crippen molar-refractivity contribution in [1.82, 2.24) is 9.47 Å². The summed E-state index contributed by atoms with van der Waals surface area (Å²) in [6.45, 7) is 6.19. The van der Waals surface area contributed by atoms with Gasteiger partial charge in [0, 0.05) is 17.1 Å². The Hall–Kier alpha value is -1.11. The van der Waals surface area contributed by atoms with Crippen LogP contribution in [0.15, 0.2) is 31.9 Å². The molecule has 2 heterocycles. The Morgan fingerprint density at radius 1 is 1.40 bits per heavy atom. The first-order valence-corrected chi connectivity index (χ1v) is 7.48. The molecule has 2 atom stereocenters. The van der Waals surface area contributed by atoms with E-state index in [0.717, 1.165) is 16.5 Å². The van der Waals surface area contributed by atoms with Crippen molar-refractivity contribution in [2.45, 2.75) is 32.7 Å². The summed E-state index contributed by atoms with van der Waals surface area (Å²) in [4.78, 5) is 14.3. The van der Waals surface area contributed by atoms with Crippen molar-refractivity contribution in [2.75, 3.05) is 13.2 Å². The average Bonchev–Trinajstić information content (AvgIpc) is 2.69. The van der Waals surface area contributed by atoms with Crippen molar-refractivity contribution in [3.05, 3.63) is 33.2 Å². The number of aromatic nitrogens is 1. The van der Waals surface area contributed by atoms with E-state index >= 15 is 0 Å². The SMILES string of the molecule is C[C@@H]1CO[C@@H](C)CN1Cn1c(=O)oc2cc(Br)ccc21. The van der Waals surface area contributed by atoms with E-state index in [2.05, 4.69) is 27.8 Å². The highest BCUT2D eigenvalue weighted by atomic mass is 79.9. The Balaban J connectivity index is 1.94. The Morgan fingerprint density at radius 2 is 2.20 bits per heavy atom. The van der Waals surface area contributed by atoms with Gasteiger partial charge in [0.05, 0.1) is 24.9 Å². The molecule has 0 unspecified atom stereocenters. The topological polar surface area (TPSA) is 47.6 Å². The number of hydrogen-bond acceptors (Lipinski definition) is 4. The molecule has 5 nitrogen and oxygen atoms in total. The number of halogens is 1. The zero-order valence-corrected chi connectivity index (χ0v) is 13.1. The lowest BCUT2D eigenvalue weighted by Crippen LogP contribution is -2.48. The van der Waals surface area contributed by atoms with Crippen molar-refractivity contribution in [2.24, 2.45) is 0 Å². The fourth-order valence-electron chi connectivity index (χ4n) is 2.52. The smallest absolute Gasteiger partial charge is 0.408 e. The lowest BCUT2D eigenvalue weighted by Gasteiger charge is -2.36. The minimum atomic E-state index is -0.315. The summed E-state index contributed by atoms with van der Waals surface area (Å²) < 4.78 is 13.5. The van der Waals surface area contributed by atoms with Crippen LogP contribution in [-0.2, 0) is 11.4 Å². The molecule has 1 fully saturated rings. The van der Waals surface area contributed by atoms with Gasteiger partial charge in [-0.15, -0.1) is 0 Å². The number of morpholine rings is 1. The number of hydrogen-bond donors (Lipinski definition) is 0. The largest absolute Gasteiger partial charge is 0.421 e. The van der Waals surface area contributed by atoms with Gasteiger partial charge >= 0.3 is 5.76 Å². The summed E-state index contributed by atoms with van der Waals surface area (Å²) in [6.07, 6.45) is 0.189. The normalized spacial score (nSPS) is 24.4. The molecule has 1 aliphatic heterocycles. The van der Waals surface area contributed by atoms with Crippen LogP contribution >= 0.6 is 15.9 Å². The maximum atomic E-state index is 12.0. The number of benzene rings is 1. The molecule has 0 amide bonds. The fraction of sp³-hybridized carbons (Fsp3) is 0.500. The Labute approximate surface area is 125 Å². The molecule has 0 aliphatic carbocycles.